The van der Waals surface area contributed by atoms with Gasteiger partial charge in [-0.25, -0.2) is 17.2 Å². The number of alkyl halides is 5. The van der Waals surface area contributed by atoms with E-state index in [1.165, 1.54) is 42.6 Å². The van der Waals surface area contributed by atoms with Gasteiger partial charge in [0.2, 0.25) is 5.91 Å². The summed E-state index contributed by atoms with van der Waals surface area (Å²) < 4.78 is 92.9. The van der Waals surface area contributed by atoms with Gasteiger partial charge in [-0.05, 0) is 42.0 Å². The first-order valence-electron chi connectivity index (χ1n) is 10.3. The van der Waals surface area contributed by atoms with E-state index in [-0.39, 0.29) is 15.1 Å². The average Bonchev–Trinajstić information content (AvgIpc) is 3.40. The van der Waals surface area contributed by atoms with E-state index in [0.717, 1.165) is 12.1 Å². The zero-order chi connectivity index (χ0) is 26.3. The molecule has 0 bridgehead atoms. The molecule has 3 aromatic rings. The molecule has 2 aromatic heterocycles. The van der Waals surface area contributed by atoms with E-state index in [4.69, 9.17) is 11.6 Å². The summed E-state index contributed by atoms with van der Waals surface area (Å²) in [4.78, 5) is 16.9. The van der Waals surface area contributed by atoms with Crippen LogP contribution in [0.1, 0.15) is 17.5 Å². The molecular formula is C22H17ClF5N3O3S2. The van der Waals surface area contributed by atoms with Crippen molar-refractivity contribution in [2.45, 2.75) is 35.3 Å². The van der Waals surface area contributed by atoms with E-state index in [9.17, 15) is 35.2 Å². The van der Waals surface area contributed by atoms with Crippen molar-refractivity contribution in [3.05, 3.63) is 70.2 Å². The third kappa shape index (κ3) is 5.69. The normalized spacial score (nSPS) is 18.3. The standard InChI is InChI=1S/C22H17ClF5N3O3S2/c23-18-5-6-19(35-18)36(33,34)31-12-21(24,25)10-17(31)20(32)30-11-13-7-8-29-16(9-13)14-1-3-15(4-2-14)22(26,27)28/h1-9,17H,10-12H2,(H,30,32)/t17-/m0/s1. The number of halogens is 6. The second-order valence-corrected chi connectivity index (χ2v) is 11.9. The number of carbonyl (C=O) groups excluding carboxylic acids is 1. The predicted molar refractivity (Wildman–Crippen MR) is 123 cm³/mol. The number of amides is 1. The fraction of sp³-hybridized carbons (Fsp3) is 0.273. The minimum atomic E-state index is -4.48. The van der Waals surface area contributed by atoms with Gasteiger partial charge in [-0.15, -0.1) is 11.3 Å². The van der Waals surface area contributed by atoms with Crippen molar-refractivity contribution in [1.82, 2.24) is 14.6 Å². The lowest BCUT2D eigenvalue weighted by Gasteiger charge is -2.22. The largest absolute Gasteiger partial charge is 0.416 e. The Morgan fingerprint density at radius 2 is 1.86 bits per heavy atom. The molecule has 1 amide bonds. The monoisotopic (exact) mass is 565 g/mol. The second kappa shape index (κ2) is 9.69. The molecule has 3 heterocycles. The Kier molecular flexibility index (Phi) is 7.12. The molecule has 192 valence electrons. The quantitative estimate of drug-likeness (QED) is 0.417. The molecule has 1 aromatic carbocycles. The van der Waals surface area contributed by atoms with Crippen LogP contribution < -0.4 is 5.32 Å². The van der Waals surface area contributed by atoms with Crippen molar-refractivity contribution in [2.75, 3.05) is 6.54 Å². The molecule has 4 rings (SSSR count). The fourth-order valence-corrected chi connectivity index (χ4v) is 6.92. The van der Waals surface area contributed by atoms with Gasteiger partial charge in [-0.1, -0.05) is 23.7 Å². The van der Waals surface area contributed by atoms with E-state index in [2.05, 4.69) is 10.3 Å². The Hall–Kier alpha value is -2.61. The number of carbonyl (C=O) groups is 1. The first-order chi connectivity index (χ1) is 16.8. The van der Waals surface area contributed by atoms with Gasteiger partial charge in [0.25, 0.3) is 15.9 Å². The highest BCUT2D eigenvalue weighted by molar-refractivity contribution is 7.91. The number of nitrogens with one attached hydrogen (secondary N) is 1. The Morgan fingerprint density at radius 1 is 1.17 bits per heavy atom. The molecule has 1 N–H and O–H groups in total. The maximum absolute atomic E-state index is 14.2. The summed E-state index contributed by atoms with van der Waals surface area (Å²) in [6, 6.07) is 8.27. The topological polar surface area (TPSA) is 79.4 Å². The molecule has 36 heavy (non-hydrogen) atoms. The third-order valence-corrected chi connectivity index (χ3v) is 8.99. The molecule has 1 fully saturated rings. The first kappa shape index (κ1) is 26.5. The molecule has 6 nitrogen and oxygen atoms in total. The first-order valence-corrected chi connectivity index (χ1v) is 12.9. The van der Waals surface area contributed by atoms with Crippen molar-refractivity contribution in [1.29, 1.82) is 0 Å². The van der Waals surface area contributed by atoms with Gasteiger partial charge in [0.15, 0.2) is 0 Å². The molecular weight excluding hydrogens is 549 g/mol. The summed E-state index contributed by atoms with van der Waals surface area (Å²) in [5.41, 5.74) is 0.407. The van der Waals surface area contributed by atoms with Crippen LogP contribution in [-0.4, -0.2) is 42.1 Å². The number of pyridine rings is 1. The summed E-state index contributed by atoms with van der Waals surface area (Å²) in [5, 5.41) is 2.47. The summed E-state index contributed by atoms with van der Waals surface area (Å²) in [6.07, 6.45) is -4.08. The summed E-state index contributed by atoms with van der Waals surface area (Å²) >= 11 is 6.48. The van der Waals surface area contributed by atoms with Crippen LogP contribution in [0.15, 0.2) is 58.9 Å². The summed E-state index contributed by atoms with van der Waals surface area (Å²) in [7, 11) is -4.39. The molecule has 14 heteroatoms. The Morgan fingerprint density at radius 3 is 2.47 bits per heavy atom. The summed E-state index contributed by atoms with van der Waals surface area (Å²) in [6.45, 7) is -1.29. The molecule has 1 aliphatic heterocycles. The summed E-state index contributed by atoms with van der Waals surface area (Å²) in [5.74, 6) is -4.31. The highest BCUT2D eigenvalue weighted by Crippen LogP contribution is 2.38. The van der Waals surface area contributed by atoms with E-state index < -0.39 is 52.6 Å². The molecule has 0 aliphatic carbocycles. The molecule has 0 spiro atoms. The smallest absolute Gasteiger partial charge is 0.351 e. The van der Waals surface area contributed by atoms with Gasteiger partial charge >= 0.3 is 6.18 Å². The van der Waals surface area contributed by atoms with Crippen LogP contribution in [0, 0.1) is 0 Å². The number of hydrogen-bond acceptors (Lipinski definition) is 5. The van der Waals surface area contributed by atoms with Crippen LogP contribution in [0.5, 0.6) is 0 Å². The van der Waals surface area contributed by atoms with E-state index >= 15 is 0 Å². The van der Waals surface area contributed by atoms with Gasteiger partial charge < -0.3 is 5.32 Å². The van der Waals surface area contributed by atoms with Crippen molar-refractivity contribution < 1.29 is 35.2 Å². The predicted octanol–water partition coefficient (Wildman–Crippen LogP) is 5.20. The SMILES string of the molecule is O=C(NCc1ccnc(-c2ccc(C(F)(F)F)cc2)c1)[C@@H]1CC(F)(F)CN1S(=O)(=O)c1ccc(Cl)s1. The minimum absolute atomic E-state index is 0.143. The van der Waals surface area contributed by atoms with Crippen molar-refractivity contribution >= 4 is 38.9 Å². The van der Waals surface area contributed by atoms with E-state index in [0.29, 0.717) is 32.5 Å². The van der Waals surface area contributed by atoms with E-state index in [1.54, 1.807) is 0 Å². The molecule has 0 unspecified atom stereocenters. The van der Waals surface area contributed by atoms with E-state index in [1.807, 2.05) is 0 Å². The lowest BCUT2D eigenvalue weighted by molar-refractivity contribution is -0.137. The van der Waals surface area contributed by atoms with Crippen LogP contribution in [-0.2, 0) is 27.5 Å². The van der Waals surface area contributed by atoms with Crippen molar-refractivity contribution in [3.8, 4) is 11.3 Å². The second-order valence-electron chi connectivity index (χ2n) is 8.03. The Bertz CT molecular complexity index is 1380. The molecule has 1 aliphatic rings. The Labute approximate surface area is 211 Å². The Balaban J connectivity index is 1.49. The van der Waals surface area contributed by atoms with Crippen LogP contribution in [0.3, 0.4) is 0 Å². The number of hydrogen-bond donors (Lipinski definition) is 1. The van der Waals surface area contributed by atoms with Crippen molar-refractivity contribution in [2.24, 2.45) is 0 Å². The maximum Gasteiger partial charge on any atom is 0.416 e. The fourth-order valence-electron chi connectivity index (χ4n) is 3.69. The maximum atomic E-state index is 14.2. The third-order valence-electron chi connectivity index (χ3n) is 5.44. The minimum Gasteiger partial charge on any atom is -0.351 e. The van der Waals surface area contributed by atoms with Crippen LogP contribution >= 0.6 is 22.9 Å². The number of thiophene rings is 1. The number of nitrogens with zero attached hydrogens (tertiary/aromatic N) is 2. The zero-order valence-corrected chi connectivity index (χ0v) is 20.5. The van der Waals surface area contributed by atoms with Gasteiger partial charge in [-0.2, -0.15) is 17.5 Å². The van der Waals surface area contributed by atoms with Crippen LogP contribution in [0.4, 0.5) is 22.0 Å². The lowest BCUT2D eigenvalue weighted by Crippen LogP contribution is -2.45. The molecule has 1 saturated heterocycles. The van der Waals surface area contributed by atoms with Gasteiger partial charge in [-0.3, -0.25) is 9.78 Å². The highest BCUT2D eigenvalue weighted by Gasteiger charge is 2.53. The molecule has 0 radical (unpaired) electrons. The van der Waals surface area contributed by atoms with Gasteiger partial charge in [0, 0.05) is 24.7 Å². The lowest BCUT2D eigenvalue weighted by atomic mass is 10.1. The highest BCUT2D eigenvalue weighted by atomic mass is 35.5. The van der Waals surface area contributed by atoms with Crippen molar-refractivity contribution in [3.63, 3.8) is 0 Å². The van der Waals surface area contributed by atoms with Gasteiger partial charge in [0.1, 0.15) is 10.3 Å². The number of aromatic nitrogens is 1. The number of rotatable bonds is 6. The molecule has 1 atom stereocenters. The average molecular weight is 566 g/mol. The van der Waals surface area contributed by atoms with Gasteiger partial charge in [0.05, 0.1) is 22.1 Å². The number of sulfonamides is 1. The number of benzene rings is 1. The van der Waals surface area contributed by atoms with Crippen LogP contribution in [0.25, 0.3) is 11.3 Å². The molecule has 0 saturated carbocycles. The van der Waals surface area contributed by atoms with Crippen LogP contribution in [0.2, 0.25) is 4.34 Å². The zero-order valence-electron chi connectivity index (χ0n) is 18.1.